The number of hydrogen-bond acceptors (Lipinski definition) is 6. The average Bonchev–Trinajstić information content (AvgIpc) is 2.91. The maximum atomic E-state index is 13.3. The Morgan fingerprint density at radius 2 is 2.15 bits per heavy atom. The van der Waals surface area contributed by atoms with Gasteiger partial charge in [-0.2, -0.15) is 16.7 Å². The van der Waals surface area contributed by atoms with Crippen molar-refractivity contribution in [3.8, 4) is 11.5 Å². The number of nitrogen functional groups attached to an aromatic ring is 1. The zero-order valence-electron chi connectivity index (χ0n) is 10.9. The van der Waals surface area contributed by atoms with E-state index < -0.39 is 0 Å². The second-order valence-electron chi connectivity index (χ2n) is 4.56. The maximum Gasteiger partial charge on any atom is 0.260 e. The third-order valence-electron chi connectivity index (χ3n) is 3.13. The van der Waals surface area contributed by atoms with Crippen molar-refractivity contribution in [3.05, 3.63) is 29.8 Å². The fraction of sp³-hybridized carbons (Fsp3) is 0.385. The SMILES string of the molecule is CC1SCCSC1c1noc(-c2cc(F)ccc2N)n1. The van der Waals surface area contributed by atoms with Crippen molar-refractivity contribution in [1.29, 1.82) is 0 Å². The summed E-state index contributed by atoms with van der Waals surface area (Å²) in [5.41, 5.74) is 6.71. The normalized spacial score (nSPS) is 22.9. The Morgan fingerprint density at radius 3 is 2.95 bits per heavy atom. The highest BCUT2D eigenvalue weighted by Crippen LogP contribution is 2.41. The molecule has 1 aliphatic heterocycles. The third kappa shape index (κ3) is 2.64. The lowest BCUT2D eigenvalue weighted by Crippen LogP contribution is -2.16. The Balaban J connectivity index is 1.91. The smallest absolute Gasteiger partial charge is 0.260 e. The number of thioether (sulfide) groups is 2. The zero-order chi connectivity index (χ0) is 14.1. The lowest BCUT2D eigenvalue weighted by molar-refractivity contribution is 0.421. The Kier molecular flexibility index (Phi) is 3.89. The highest BCUT2D eigenvalue weighted by atomic mass is 32.2. The first kappa shape index (κ1) is 13.8. The van der Waals surface area contributed by atoms with Gasteiger partial charge in [-0.1, -0.05) is 12.1 Å². The summed E-state index contributed by atoms with van der Waals surface area (Å²) < 4.78 is 18.6. The van der Waals surface area contributed by atoms with Crippen molar-refractivity contribution in [2.24, 2.45) is 0 Å². The minimum absolute atomic E-state index is 0.209. The van der Waals surface area contributed by atoms with E-state index in [2.05, 4.69) is 17.1 Å². The molecule has 1 aromatic heterocycles. The summed E-state index contributed by atoms with van der Waals surface area (Å²) in [5.74, 6) is 2.79. The van der Waals surface area contributed by atoms with Crippen LogP contribution in [0.2, 0.25) is 0 Å². The summed E-state index contributed by atoms with van der Waals surface area (Å²) in [5, 5.41) is 4.68. The van der Waals surface area contributed by atoms with E-state index in [9.17, 15) is 4.39 Å². The first-order chi connectivity index (χ1) is 9.65. The summed E-state index contributed by atoms with van der Waals surface area (Å²) in [4.78, 5) is 4.40. The predicted octanol–water partition coefficient (Wildman–Crippen LogP) is 3.37. The minimum atomic E-state index is -0.370. The van der Waals surface area contributed by atoms with Gasteiger partial charge < -0.3 is 10.3 Å². The molecular weight excluding hydrogens is 297 g/mol. The van der Waals surface area contributed by atoms with Crippen molar-refractivity contribution in [2.45, 2.75) is 17.4 Å². The summed E-state index contributed by atoms with van der Waals surface area (Å²) in [7, 11) is 0. The molecule has 0 saturated carbocycles. The quantitative estimate of drug-likeness (QED) is 0.858. The Morgan fingerprint density at radius 1 is 1.35 bits per heavy atom. The molecule has 0 radical (unpaired) electrons. The Labute approximate surface area is 124 Å². The second-order valence-corrected chi connectivity index (χ2v) is 7.29. The molecular formula is C13H14FN3OS2. The number of nitrogens with zero attached hydrogens (tertiary/aromatic N) is 2. The lowest BCUT2D eigenvalue weighted by atomic mass is 10.2. The monoisotopic (exact) mass is 311 g/mol. The lowest BCUT2D eigenvalue weighted by Gasteiger charge is -2.24. The molecule has 0 amide bonds. The summed E-state index contributed by atoms with van der Waals surface area (Å²) in [6.45, 7) is 2.16. The fourth-order valence-corrected chi connectivity index (χ4v) is 4.77. The van der Waals surface area contributed by atoms with Gasteiger partial charge in [0.15, 0.2) is 5.82 Å². The fourth-order valence-electron chi connectivity index (χ4n) is 2.09. The van der Waals surface area contributed by atoms with Gasteiger partial charge in [-0.25, -0.2) is 4.39 Å². The molecule has 4 nitrogen and oxygen atoms in total. The van der Waals surface area contributed by atoms with Crippen LogP contribution in [-0.4, -0.2) is 26.9 Å². The summed E-state index contributed by atoms with van der Waals surface area (Å²) in [6, 6.07) is 4.13. The van der Waals surface area contributed by atoms with Gasteiger partial charge in [-0.15, -0.1) is 11.8 Å². The molecule has 3 rings (SSSR count). The zero-order valence-corrected chi connectivity index (χ0v) is 12.5. The van der Waals surface area contributed by atoms with Crippen molar-refractivity contribution in [2.75, 3.05) is 17.2 Å². The van der Waals surface area contributed by atoms with Gasteiger partial charge in [-0.05, 0) is 18.2 Å². The third-order valence-corrected chi connectivity index (χ3v) is 6.22. The van der Waals surface area contributed by atoms with E-state index >= 15 is 0 Å². The number of benzene rings is 1. The van der Waals surface area contributed by atoms with E-state index in [1.165, 1.54) is 18.2 Å². The number of halogens is 1. The van der Waals surface area contributed by atoms with Crippen molar-refractivity contribution >= 4 is 29.2 Å². The molecule has 0 spiro atoms. The number of rotatable bonds is 2. The van der Waals surface area contributed by atoms with Crippen LogP contribution in [0.15, 0.2) is 22.7 Å². The van der Waals surface area contributed by atoms with E-state index in [0.717, 1.165) is 11.5 Å². The minimum Gasteiger partial charge on any atom is -0.398 e. The van der Waals surface area contributed by atoms with Crippen LogP contribution in [0.3, 0.4) is 0 Å². The molecule has 7 heteroatoms. The molecule has 1 aromatic carbocycles. The van der Waals surface area contributed by atoms with E-state index in [1.807, 2.05) is 23.5 Å². The van der Waals surface area contributed by atoms with Crippen LogP contribution in [0.25, 0.3) is 11.5 Å². The second kappa shape index (κ2) is 5.65. The molecule has 2 aromatic rings. The number of aromatic nitrogens is 2. The van der Waals surface area contributed by atoms with Gasteiger partial charge in [-0.3, -0.25) is 0 Å². The van der Waals surface area contributed by atoms with Gasteiger partial charge >= 0.3 is 0 Å². The van der Waals surface area contributed by atoms with Crippen LogP contribution >= 0.6 is 23.5 Å². The highest BCUT2D eigenvalue weighted by molar-refractivity contribution is 8.06. The van der Waals surface area contributed by atoms with Crippen molar-refractivity contribution in [1.82, 2.24) is 10.1 Å². The van der Waals surface area contributed by atoms with E-state index in [1.54, 1.807) is 0 Å². The molecule has 2 N–H and O–H groups in total. The van der Waals surface area contributed by atoms with Gasteiger partial charge in [0.25, 0.3) is 5.89 Å². The number of nitrogens with two attached hydrogens (primary N) is 1. The van der Waals surface area contributed by atoms with Crippen LogP contribution in [0.1, 0.15) is 18.0 Å². The summed E-state index contributed by atoms with van der Waals surface area (Å²) in [6.07, 6.45) is 0. The molecule has 106 valence electrons. The Bertz CT molecular complexity index is 619. The molecule has 2 unspecified atom stereocenters. The molecule has 1 aliphatic rings. The topological polar surface area (TPSA) is 64.9 Å². The number of hydrogen-bond donors (Lipinski definition) is 1. The highest BCUT2D eigenvalue weighted by Gasteiger charge is 2.28. The van der Waals surface area contributed by atoms with Crippen LogP contribution < -0.4 is 5.73 Å². The molecule has 2 heterocycles. The largest absolute Gasteiger partial charge is 0.398 e. The van der Waals surface area contributed by atoms with E-state index in [-0.39, 0.29) is 17.0 Å². The van der Waals surface area contributed by atoms with Crippen LogP contribution in [0, 0.1) is 5.82 Å². The standard InChI is InChI=1S/C13H14FN3OS2/c1-7-11(20-5-4-19-7)12-16-13(18-17-12)9-6-8(14)2-3-10(9)15/h2-3,6-7,11H,4-5,15H2,1H3. The van der Waals surface area contributed by atoms with Crippen LogP contribution in [0.4, 0.5) is 10.1 Å². The van der Waals surface area contributed by atoms with Gasteiger partial charge in [0.1, 0.15) is 5.82 Å². The van der Waals surface area contributed by atoms with E-state index in [4.69, 9.17) is 10.3 Å². The van der Waals surface area contributed by atoms with E-state index in [0.29, 0.717) is 22.3 Å². The summed E-state index contributed by atoms with van der Waals surface area (Å²) >= 11 is 3.73. The molecule has 2 atom stereocenters. The molecule has 0 bridgehead atoms. The van der Waals surface area contributed by atoms with Crippen LogP contribution in [-0.2, 0) is 0 Å². The van der Waals surface area contributed by atoms with Gasteiger partial charge in [0, 0.05) is 22.4 Å². The molecule has 1 fully saturated rings. The molecule has 1 saturated heterocycles. The predicted molar refractivity (Wildman–Crippen MR) is 81.2 cm³/mol. The molecule has 20 heavy (non-hydrogen) atoms. The van der Waals surface area contributed by atoms with Crippen molar-refractivity contribution in [3.63, 3.8) is 0 Å². The first-order valence-corrected chi connectivity index (χ1v) is 8.37. The van der Waals surface area contributed by atoms with Gasteiger partial charge in [0.05, 0.1) is 10.8 Å². The maximum absolute atomic E-state index is 13.3. The Hall–Kier alpha value is -1.21. The van der Waals surface area contributed by atoms with Crippen LogP contribution in [0.5, 0.6) is 0 Å². The number of anilines is 1. The van der Waals surface area contributed by atoms with Gasteiger partial charge in [0.2, 0.25) is 0 Å². The molecule has 0 aliphatic carbocycles. The average molecular weight is 311 g/mol. The first-order valence-electron chi connectivity index (χ1n) is 6.27. The van der Waals surface area contributed by atoms with Crippen molar-refractivity contribution < 1.29 is 8.91 Å².